The molecule has 5 nitrogen and oxygen atoms in total. The van der Waals surface area contributed by atoms with Crippen LogP contribution in [0.2, 0.25) is 0 Å². The van der Waals surface area contributed by atoms with Crippen molar-refractivity contribution in [3.05, 3.63) is 59.2 Å². The van der Waals surface area contributed by atoms with Gasteiger partial charge in [0.25, 0.3) is 0 Å². The Hall–Kier alpha value is -2.60. The molecule has 6 heteroatoms. The van der Waals surface area contributed by atoms with Gasteiger partial charge in [-0.05, 0) is 45.4 Å². The van der Waals surface area contributed by atoms with E-state index in [0.29, 0.717) is 5.75 Å². The largest absolute Gasteiger partial charge is 0.325 e. The van der Waals surface area contributed by atoms with E-state index in [4.69, 9.17) is 0 Å². The first-order chi connectivity index (χ1) is 13.0. The highest BCUT2D eigenvalue weighted by Crippen LogP contribution is 2.25. The van der Waals surface area contributed by atoms with E-state index in [1.54, 1.807) is 0 Å². The number of hydrogen-bond donors (Lipinski definition) is 1. The Bertz CT molecular complexity index is 965. The van der Waals surface area contributed by atoms with Crippen LogP contribution in [-0.4, -0.2) is 26.4 Å². The number of rotatable bonds is 6. The predicted molar refractivity (Wildman–Crippen MR) is 111 cm³/mol. The quantitative estimate of drug-likeness (QED) is 0.634. The second-order valence-corrected chi connectivity index (χ2v) is 7.52. The Morgan fingerprint density at radius 3 is 2.56 bits per heavy atom. The Balaban J connectivity index is 1.70. The summed E-state index contributed by atoms with van der Waals surface area (Å²) < 4.78 is 2.05. The Morgan fingerprint density at radius 1 is 1.07 bits per heavy atom. The number of hydrogen-bond acceptors (Lipinski definition) is 4. The van der Waals surface area contributed by atoms with Crippen LogP contribution >= 0.6 is 11.8 Å². The fourth-order valence-corrected chi connectivity index (χ4v) is 3.75. The first kappa shape index (κ1) is 19.2. The van der Waals surface area contributed by atoms with Crippen LogP contribution in [0.4, 0.5) is 5.69 Å². The highest BCUT2D eigenvalue weighted by Gasteiger charge is 2.15. The van der Waals surface area contributed by atoms with Crippen molar-refractivity contribution in [3.8, 4) is 11.4 Å². The van der Waals surface area contributed by atoms with Gasteiger partial charge in [-0.3, -0.25) is 4.79 Å². The third-order valence-electron chi connectivity index (χ3n) is 4.30. The molecule has 0 spiro atoms. The molecular weight excluding hydrogens is 356 g/mol. The fourth-order valence-electron chi connectivity index (χ4n) is 2.95. The number of benzene rings is 2. The molecule has 0 aliphatic heterocycles. The van der Waals surface area contributed by atoms with E-state index in [2.05, 4.69) is 47.6 Å². The first-order valence-electron chi connectivity index (χ1n) is 8.98. The smallest absolute Gasteiger partial charge is 0.234 e. The molecule has 0 unspecified atom stereocenters. The summed E-state index contributed by atoms with van der Waals surface area (Å²) in [5.41, 5.74) is 5.31. The zero-order valence-electron chi connectivity index (χ0n) is 16.1. The third kappa shape index (κ3) is 4.57. The van der Waals surface area contributed by atoms with E-state index in [-0.39, 0.29) is 5.91 Å². The Kier molecular flexibility index (Phi) is 5.96. The van der Waals surface area contributed by atoms with Crippen molar-refractivity contribution in [2.75, 3.05) is 11.1 Å². The lowest BCUT2D eigenvalue weighted by Gasteiger charge is -2.10. The maximum absolute atomic E-state index is 12.4. The minimum Gasteiger partial charge on any atom is -0.325 e. The fraction of sp³-hybridized carbons (Fsp3) is 0.286. The molecule has 0 saturated carbocycles. The lowest BCUT2D eigenvalue weighted by atomic mass is 10.1. The molecule has 1 N–H and O–H groups in total. The molecule has 2 aromatic carbocycles. The summed E-state index contributed by atoms with van der Waals surface area (Å²) in [5, 5.41) is 12.4. The zero-order valence-corrected chi connectivity index (χ0v) is 16.9. The standard InChI is InChI=1S/C21H24N4OS/c1-5-25-20(17-8-6-7-14(2)12-17)23-24-21(25)27-13-19(26)22-18-10-9-15(3)11-16(18)4/h6-12H,5,13H2,1-4H3,(H,22,26). The molecule has 0 radical (unpaired) electrons. The summed E-state index contributed by atoms with van der Waals surface area (Å²) in [6.07, 6.45) is 0. The number of anilines is 1. The maximum atomic E-state index is 12.4. The molecule has 3 aromatic rings. The molecule has 1 heterocycles. The van der Waals surface area contributed by atoms with Gasteiger partial charge in [-0.15, -0.1) is 10.2 Å². The van der Waals surface area contributed by atoms with Gasteiger partial charge in [0, 0.05) is 17.8 Å². The second kappa shape index (κ2) is 8.39. The molecule has 0 atom stereocenters. The Morgan fingerprint density at radius 2 is 1.85 bits per heavy atom. The number of carbonyl (C=O) groups is 1. The van der Waals surface area contributed by atoms with E-state index in [9.17, 15) is 4.79 Å². The van der Waals surface area contributed by atoms with Crippen LogP contribution < -0.4 is 5.32 Å². The maximum Gasteiger partial charge on any atom is 0.234 e. The van der Waals surface area contributed by atoms with Gasteiger partial charge >= 0.3 is 0 Å². The molecule has 1 aromatic heterocycles. The van der Waals surface area contributed by atoms with Gasteiger partial charge in [-0.2, -0.15) is 0 Å². The number of thioether (sulfide) groups is 1. The van der Waals surface area contributed by atoms with Crippen molar-refractivity contribution >= 4 is 23.4 Å². The minimum absolute atomic E-state index is 0.0466. The van der Waals surface area contributed by atoms with Gasteiger partial charge in [-0.25, -0.2) is 0 Å². The number of amides is 1. The van der Waals surface area contributed by atoms with Crippen LogP contribution in [0.5, 0.6) is 0 Å². The lowest BCUT2D eigenvalue weighted by molar-refractivity contribution is -0.113. The van der Waals surface area contributed by atoms with E-state index < -0.39 is 0 Å². The SMILES string of the molecule is CCn1c(SCC(=O)Nc2ccc(C)cc2C)nnc1-c1cccc(C)c1. The normalized spacial score (nSPS) is 10.8. The minimum atomic E-state index is -0.0466. The van der Waals surface area contributed by atoms with Gasteiger partial charge in [0.2, 0.25) is 5.91 Å². The summed E-state index contributed by atoms with van der Waals surface area (Å²) in [6.45, 7) is 8.90. The predicted octanol–water partition coefficient (Wildman–Crippen LogP) is 4.62. The number of nitrogens with one attached hydrogen (secondary N) is 1. The average molecular weight is 381 g/mol. The molecule has 0 aliphatic carbocycles. The number of aryl methyl sites for hydroxylation is 3. The number of carbonyl (C=O) groups excluding carboxylic acids is 1. The third-order valence-corrected chi connectivity index (χ3v) is 5.26. The molecule has 27 heavy (non-hydrogen) atoms. The summed E-state index contributed by atoms with van der Waals surface area (Å²) >= 11 is 1.40. The van der Waals surface area contributed by atoms with E-state index >= 15 is 0 Å². The summed E-state index contributed by atoms with van der Waals surface area (Å²) in [6, 6.07) is 14.2. The highest BCUT2D eigenvalue weighted by molar-refractivity contribution is 7.99. The lowest BCUT2D eigenvalue weighted by Crippen LogP contribution is -2.15. The number of nitrogens with zero attached hydrogens (tertiary/aromatic N) is 3. The van der Waals surface area contributed by atoms with E-state index in [0.717, 1.165) is 34.3 Å². The zero-order chi connectivity index (χ0) is 19.4. The second-order valence-electron chi connectivity index (χ2n) is 6.58. The molecule has 0 fully saturated rings. The highest BCUT2D eigenvalue weighted by atomic mass is 32.2. The number of aromatic nitrogens is 3. The molecule has 0 aliphatic rings. The van der Waals surface area contributed by atoms with Crippen molar-refractivity contribution in [2.45, 2.75) is 39.4 Å². The van der Waals surface area contributed by atoms with Crippen molar-refractivity contribution in [1.29, 1.82) is 0 Å². The Labute approximate surface area is 164 Å². The molecule has 3 rings (SSSR count). The molecule has 140 valence electrons. The van der Waals surface area contributed by atoms with Gasteiger partial charge < -0.3 is 9.88 Å². The molecule has 0 saturated heterocycles. The molecule has 1 amide bonds. The summed E-state index contributed by atoms with van der Waals surface area (Å²) in [5.74, 6) is 1.08. The van der Waals surface area contributed by atoms with Crippen molar-refractivity contribution in [1.82, 2.24) is 14.8 Å². The van der Waals surface area contributed by atoms with Crippen LogP contribution in [0.1, 0.15) is 23.6 Å². The van der Waals surface area contributed by atoms with Crippen LogP contribution in [0.3, 0.4) is 0 Å². The topological polar surface area (TPSA) is 59.8 Å². The van der Waals surface area contributed by atoms with E-state index in [1.807, 2.05) is 42.7 Å². The monoisotopic (exact) mass is 380 g/mol. The first-order valence-corrected chi connectivity index (χ1v) is 9.96. The van der Waals surface area contributed by atoms with Crippen LogP contribution in [0.15, 0.2) is 47.6 Å². The molecular formula is C21H24N4OS. The van der Waals surface area contributed by atoms with Crippen LogP contribution in [0, 0.1) is 20.8 Å². The van der Waals surface area contributed by atoms with Gasteiger partial charge in [-0.1, -0.05) is 53.2 Å². The van der Waals surface area contributed by atoms with Crippen LogP contribution in [0.25, 0.3) is 11.4 Å². The summed E-state index contributed by atoms with van der Waals surface area (Å²) in [7, 11) is 0. The van der Waals surface area contributed by atoms with Crippen molar-refractivity contribution in [2.24, 2.45) is 0 Å². The summed E-state index contributed by atoms with van der Waals surface area (Å²) in [4.78, 5) is 12.4. The van der Waals surface area contributed by atoms with Crippen molar-refractivity contribution in [3.63, 3.8) is 0 Å². The van der Waals surface area contributed by atoms with Gasteiger partial charge in [0.05, 0.1) is 5.75 Å². The van der Waals surface area contributed by atoms with Crippen molar-refractivity contribution < 1.29 is 4.79 Å². The van der Waals surface area contributed by atoms with E-state index in [1.165, 1.54) is 22.9 Å². The van der Waals surface area contributed by atoms with Gasteiger partial charge in [0.15, 0.2) is 11.0 Å². The van der Waals surface area contributed by atoms with Gasteiger partial charge in [0.1, 0.15) is 0 Å². The average Bonchev–Trinajstić information content (AvgIpc) is 3.05. The van der Waals surface area contributed by atoms with Crippen LogP contribution in [-0.2, 0) is 11.3 Å². The molecule has 0 bridgehead atoms.